The topological polar surface area (TPSA) is 109 Å². The van der Waals surface area contributed by atoms with E-state index in [-0.39, 0.29) is 6.04 Å². The Morgan fingerprint density at radius 3 is 3.15 bits per heavy atom. The Bertz CT molecular complexity index is 983. The lowest BCUT2D eigenvalue weighted by Crippen LogP contribution is -2.17. The Kier molecular flexibility index (Phi) is 4.15. The van der Waals surface area contributed by atoms with Gasteiger partial charge in [-0.1, -0.05) is 11.2 Å². The first-order valence-corrected chi connectivity index (χ1v) is 8.23. The molecule has 0 saturated carbocycles. The lowest BCUT2D eigenvalue weighted by atomic mass is 10.2. The molecule has 1 aliphatic rings. The lowest BCUT2D eigenvalue weighted by molar-refractivity contribution is 0.339. The SMILES string of the molecule is C/N=C/c1cnn(-c2cccc(-c3nc([C@@H]4CCCN4C#N)no3)n2)c1. The minimum atomic E-state index is -0.123. The molecule has 26 heavy (non-hydrogen) atoms. The predicted molar refractivity (Wildman–Crippen MR) is 92.5 cm³/mol. The van der Waals surface area contributed by atoms with Crippen LogP contribution >= 0.6 is 0 Å². The second-order valence-corrected chi connectivity index (χ2v) is 5.90. The molecule has 3 aromatic heterocycles. The summed E-state index contributed by atoms with van der Waals surface area (Å²) in [5.74, 6) is 1.48. The summed E-state index contributed by atoms with van der Waals surface area (Å²) in [6.45, 7) is 0.724. The third-order valence-corrected chi connectivity index (χ3v) is 4.19. The van der Waals surface area contributed by atoms with Crippen molar-refractivity contribution in [1.82, 2.24) is 29.8 Å². The Balaban J connectivity index is 1.62. The highest BCUT2D eigenvalue weighted by Gasteiger charge is 2.29. The van der Waals surface area contributed by atoms with E-state index in [0.717, 1.165) is 24.9 Å². The molecule has 0 N–H and O–H groups in total. The molecule has 4 rings (SSSR count). The van der Waals surface area contributed by atoms with Crippen LogP contribution in [0.15, 0.2) is 40.1 Å². The van der Waals surface area contributed by atoms with Crippen molar-refractivity contribution >= 4 is 6.21 Å². The molecule has 0 aliphatic carbocycles. The van der Waals surface area contributed by atoms with E-state index >= 15 is 0 Å². The first kappa shape index (κ1) is 16.0. The zero-order valence-electron chi connectivity index (χ0n) is 14.1. The van der Waals surface area contributed by atoms with E-state index in [1.807, 2.05) is 18.3 Å². The van der Waals surface area contributed by atoms with E-state index in [2.05, 4.69) is 31.4 Å². The Hall–Kier alpha value is -3.54. The summed E-state index contributed by atoms with van der Waals surface area (Å²) in [4.78, 5) is 14.6. The van der Waals surface area contributed by atoms with Crippen LogP contribution in [0.25, 0.3) is 17.4 Å². The van der Waals surface area contributed by atoms with E-state index < -0.39 is 0 Å². The summed E-state index contributed by atoms with van der Waals surface area (Å²) < 4.78 is 7.04. The van der Waals surface area contributed by atoms with Gasteiger partial charge in [0, 0.05) is 31.6 Å². The Labute approximate surface area is 149 Å². The fourth-order valence-corrected chi connectivity index (χ4v) is 2.98. The van der Waals surface area contributed by atoms with Crippen LogP contribution in [-0.2, 0) is 0 Å². The van der Waals surface area contributed by atoms with Crippen molar-refractivity contribution in [3.8, 4) is 23.6 Å². The fourth-order valence-electron chi connectivity index (χ4n) is 2.98. The van der Waals surface area contributed by atoms with Crippen molar-refractivity contribution < 1.29 is 4.52 Å². The quantitative estimate of drug-likeness (QED) is 0.524. The third kappa shape index (κ3) is 2.93. The average molecular weight is 348 g/mol. The van der Waals surface area contributed by atoms with Crippen LogP contribution in [0.5, 0.6) is 0 Å². The summed E-state index contributed by atoms with van der Waals surface area (Å²) in [5, 5.41) is 17.5. The lowest BCUT2D eigenvalue weighted by Gasteiger charge is -2.13. The van der Waals surface area contributed by atoms with Crippen molar-refractivity contribution in [1.29, 1.82) is 5.26 Å². The number of aliphatic imine (C=N–C) groups is 1. The molecule has 130 valence electrons. The molecule has 3 aromatic rings. The molecule has 1 aliphatic heterocycles. The number of hydrogen-bond donors (Lipinski definition) is 0. The van der Waals surface area contributed by atoms with Gasteiger partial charge in [0.25, 0.3) is 5.89 Å². The first-order valence-electron chi connectivity index (χ1n) is 8.23. The maximum absolute atomic E-state index is 9.18. The van der Waals surface area contributed by atoms with Crippen molar-refractivity contribution in [2.45, 2.75) is 18.9 Å². The molecule has 0 radical (unpaired) electrons. The second kappa shape index (κ2) is 6.76. The molecule has 4 heterocycles. The standard InChI is InChI=1S/C17H16N8O/c1-19-8-12-9-20-25(10-12)15-6-2-4-13(21-15)17-22-16(23-26-17)14-5-3-7-24(14)11-18/h2,4,6,8-10,14H,3,5,7H2,1H3/b19-8+/t14-/m0/s1. The highest BCUT2D eigenvalue weighted by molar-refractivity contribution is 5.78. The maximum atomic E-state index is 9.18. The molecule has 1 saturated heterocycles. The highest BCUT2D eigenvalue weighted by atomic mass is 16.5. The Morgan fingerprint density at radius 2 is 2.31 bits per heavy atom. The molecule has 9 nitrogen and oxygen atoms in total. The van der Waals surface area contributed by atoms with Crippen LogP contribution in [0.1, 0.15) is 30.3 Å². The number of likely N-dealkylation sites (tertiary alicyclic amines) is 1. The van der Waals surface area contributed by atoms with Gasteiger partial charge in [-0.15, -0.1) is 0 Å². The molecule has 0 aromatic carbocycles. The van der Waals surface area contributed by atoms with Crippen molar-refractivity contribution in [3.05, 3.63) is 42.0 Å². The van der Waals surface area contributed by atoms with Crippen LogP contribution in [-0.4, -0.2) is 49.6 Å². The minimum absolute atomic E-state index is 0.123. The van der Waals surface area contributed by atoms with Crippen LogP contribution < -0.4 is 0 Å². The van der Waals surface area contributed by atoms with E-state index in [0.29, 0.717) is 23.2 Å². The Morgan fingerprint density at radius 1 is 1.38 bits per heavy atom. The summed E-state index contributed by atoms with van der Waals surface area (Å²) in [6, 6.07) is 5.38. The van der Waals surface area contributed by atoms with Gasteiger partial charge in [0.2, 0.25) is 0 Å². The van der Waals surface area contributed by atoms with Gasteiger partial charge in [0.05, 0.1) is 6.20 Å². The first-order chi connectivity index (χ1) is 12.8. The van der Waals surface area contributed by atoms with Gasteiger partial charge in [0.1, 0.15) is 11.7 Å². The monoisotopic (exact) mass is 348 g/mol. The van der Waals surface area contributed by atoms with Gasteiger partial charge >= 0.3 is 0 Å². The van der Waals surface area contributed by atoms with Gasteiger partial charge in [-0.2, -0.15) is 15.3 Å². The minimum Gasteiger partial charge on any atom is -0.332 e. The molecular weight excluding hydrogens is 332 g/mol. The van der Waals surface area contributed by atoms with Crippen molar-refractivity contribution in [2.24, 2.45) is 4.99 Å². The number of pyridine rings is 1. The predicted octanol–water partition coefficient (Wildman–Crippen LogP) is 1.98. The van der Waals surface area contributed by atoms with E-state index in [1.54, 1.807) is 35.1 Å². The number of aromatic nitrogens is 5. The van der Waals surface area contributed by atoms with Crippen molar-refractivity contribution in [2.75, 3.05) is 13.6 Å². The average Bonchev–Trinajstić information content (AvgIpc) is 3.41. The zero-order chi connectivity index (χ0) is 17.9. The molecule has 1 atom stereocenters. The van der Waals surface area contributed by atoms with Crippen LogP contribution in [0.3, 0.4) is 0 Å². The number of rotatable bonds is 4. The maximum Gasteiger partial charge on any atom is 0.276 e. The molecule has 0 unspecified atom stereocenters. The highest BCUT2D eigenvalue weighted by Crippen LogP contribution is 2.30. The molecular formula is C17H16N8O. The fraction of sp³-hybridized carbons (Fsp3) is 0.294. The van der Waals surface area contributed by atoms with E-state index in [1.165, 1.54) is 0 Å². The van der Waals surface area contributed by atoms with E-state index in [9.17, 15) is 5.26 Å². The van der Waals surface area contributed by atoms with Gasteiger partial charge < -0.3 is 4.52 Å². The molecule has 1 fully saturated rings. The van der Waals surface area contributed by atoms with Gasteiger partial charge in [-0.3, -0.25) is 9.89 Å². The van der Waals surface area contributed by atoms with Gasteiger partial charge in [-0.05, 0) is 25.0 Å². The summed E-state index contributed by atoms with van der Waals surface area (Å²) in [5.41, 5.74) is 1.45. The smallest absolute Gasteiger partial charge is 0.276 e. The molecule has 9 heteroatoms. The number of nitrogens with zero attached hydrogens (tertiary/aromatic N) is 8. The molecule has 0 spiro atoms. The van der Waals surface area contributed by atoms with E-state index in [4.69, 9.17) is 4.52 Å². The normalized spacial score (nSPS) is 17.1. The largest absolute Gasteiger partial charge is 0.332 e. The number of nitriles is 1. The van der Waals surface area contributed by atoms with Crippen LogP contribution in [0.2, 0.25) is 0 Å². The van der Waals surface area contributed by atoms with Gasteiger partial charge in [0.15, 0.2) is 17.8 Å². The summed E-state index contributed by atoms with van der Waals surface area (Å²) in [6.07, 6.45) is 9.23. The third-order valence-electron chi connectivity index (χ3n) is 4.19. The summed E-state index contributed by atoms with van der Waals surface area (Å²) >= 11 is 0. The molecule has 0 amide bonds. The van der Waals surface area contributed by atoms with Crippen LogP contribution in [0, 0.1) is 11.5 Å². The second-order valence-electron chi connectivity index (χ2n) is 5.90. The number of hydrogen-bond acceptors (Lipinski definition) is 8. The zero-order valence-corrected chi connectivity index (χ0v) is 14.1. The summed E-state index contributed by atoms with van der Waals surface area (Å²) in [7, 11) is 1.71. The van der Waals surface area contributed by atoms with Gasteiger partial charge in [-0.25, -0.2) is 9.67 Å². The van der Waals surface area contributed by atoms with Crippen molar-refractivity contribution in [3.63, 3.8) is 0 Å². The molecule has 0 bridgehead atoms. The van der Waals surface area contributed by atoms with Crippen LogP contribution in [0.4, 0.5) is 0 Å².